The first-order chi connectivity index (χ1) is 11.1. The molecule has 7 nitrogen and oxygen atoms in total. The van der Waals surface area contributed by atoms with Gasteiger partial charge in [-0.25, -0.2) is 26.3 Å². The molecule has 0 spiro atoms. The van der Waals surface area contributed by atoms with Crippen LogP contribution in [0.3, 0.4) is 0 Å². The summed E-state index contributed by atoms with van der Waals surface area (Å²) in [5.74, 6) is 0. The zero-order valence-electron chi connectivity index (χ0n) is 14.2. The lowest BCUT2D eigenvalue weighted by Gasteiger charge is -2.32. The van der Waals surface area contributed by atoms with Crippen molar-refractivity contribution in [1.82, 2.24) is 9.44 Å². The van der Waals surface area contributed by atoms with E-state index in [2.05, 4.69) is 9.44 Å². The van der Waals surface area contributed by atoms with Crippen LogP contribution < -0.4 is 14.3 Å². The van der Waals surface area contributed by atoms with Crippen LogP contribution in [0.1, 0.15) is 25.7 Å². The van der Waals surface area contributed by atoms with E-state index >= 15 is 0 Å². The van der Waals surface area contributed by atoms with Crippen molar-refractivity contribution >= 4 is 25.7 Å². The number of rotatable bonds is 6. The number of sulfonamides is 2. The monoisotopic (exact) mass is 375 g/mol. The van der Waals surface area contributed by atoms with Gasteiger partial charge < -0.3 is 4.90 Å². The van der Waals surface area contributed by atoms with Gasteiger partial charge in [0.15, 0.2) is 0 Å². The van der Waals surface area contributed by atoms with E-state index in [1.807, 2.05) is 19.0 Å². The predicted molar refractivity (Wildman–Crippen MR) is 95.1 cm³/mol. The topological polar surface area (TPSA) is 95.6 Å². The molecule has 2 rings (SSSR count). The third kappa shape index (κ3) is 5.17. The maximum Gasteiger partial charge on any atom is 0.240 e. The molecule has 2 atom stereocenters. The summed E-state index contributed by atoms with van der Waals surface area (Å²) in [7, 11) is -3.32. The molecular weight excluding hydrogens is 350 g/mol. The Morgan fingerprint density at radius 1 is 0.917 bits per heavy atom. The summed E-state index contributed by atoms with van der Waals surface area (Å²) >= 11 is 0. The molecule has 2 N–H and O–H groups in total. The van der Waals surface area contributed by atoms with Gasteiger partial charge >= 0.3 is 0 Å². The fourth-order valence-electron chi connectivity index (χ4n) is 2.88. The molecule has 0 radical (unpaired) electrons. The van der Waals surface area contributed by atoms with Crippen LogP contribution in [0, 0.1) is 0 Å². The lowest BCUT2D eigenvalue weighted by molar-refractivity contribution is 0.340. The van der Waals surface area contributed by atoms with Crippen molar-refractivity contribution < 1.29 is 16.8 Å². The fourth-order valence-corrected chi connectivity index (χ4v) is 5.02. The highest BCUT2D eigenvalue weighted by atomic mass is 32.2. The van der Waals surface area contributed by atoms with Crippen molar-refractivity contribution in [3.8, 4) is 0 Å². The minimum Gasteiger partial charge on any atom is -0.378 e. The van der Waals surface area contributed by atoms with Gasteiger partial charge in [-0.15, -0.1) is 0 Å². The van der Waals surface area contributed by atoms with Crippen molar-refractivity contribution in [2.45, 2.75) is 42.7 Å². The average molecular weight is 376 g/mol. The van der Waals surface area contributed by atoms with Crippen molar-refractivity contribution in [3.63, 3.8) is 0 Å². The van der Waals surface area contributed by atoms with E-state index in [1.54, 1.807) is 24.3 Å². The van der Waals surface area contributed by atoms with Crippen LogP contribution in [-0.2, 0) is 20.0 Å². The normalized spacial score (nSPS) is 22.3. The summed E-state index contributed by atoms with van der Waals surface area (Å²) < 4.78 is 53.4. The van der Waals surface area contributed by atoms with E-state index in [-0.39, 0.29) is 4.90 Å². The Balaban J connectivity index is 2.16. The summed E-state index contributed by atoms with van der Waals surface area (Å²) in [6.07, 6.45) is 4.08. The molecule has 1 aromatic rings. The zero-order valence-corrected chi connectivity index (χ0v) is 15.8. The summed E-state index contributed by atoms with van der Waals surface area (Å²) in [5, 5.41) is 0. The third-order valence-electron chi connectivity index (χ3n) is 4.10. The minimum absolute atomic E-state index is 0.178. The zero-order chi connectivity index (χ0) is 18.0. The van der Waals surface area contributed by atoms with Gasteiger partial charge in [-0.1, -0.05) is 12.8 Å². The van der Waals surface area contributed by atoms with Gasteiger partial charge in [-0.2, -0.15) is 0 Å². The van der Waals surface area contributed by atoms with Crippen LogP contribution in [0.15, 0.2) is 29.2 Å². The molecule has 0 amide bonds. The highest BCUT2D eigenvalue weighted by Crippen LogP contribution is 2.22. The quantitative estimate of drug-likeness (QED) is 0.770. The van der Waals surface area contributed by atoms with Crippen LogP contribution in [0.25, 0.3) is 0 Å². The van der Waals surface area contributed by atoms with Crippen LogP contribution in [0.4, 0.5) is 5.69 Å². The Bertz CT molecular complexity index is 758. The molecule has 0 saturated heterocycles. The lowest BCUT2D eigenvalue weighted by atomic mass is 9.92. The van der Waals surface area contributed by atoms with Gasteiger partial charge in [0.1, 0.15) is 0 Å². The smallest absolute Gasteiger partial charge is 0.240 e. The summed E-state index contributed by atoms with van der Waals surface area (Å²) in [4.78, 5) is 2.06. The van der Waals surface area contributed by atoms with Gasteiger partial charge in [0, 0.05) is 31.9 Å². The molecule has 0 heterocycles. The predicted octanol–water partition coefficient (Wildman–Crippen LogP) is 0.891. The number of hydrogen-bond acceptors (Lipinski definition) is 5. The molecule has 1 aromatic carbocycles. The molecule has 1 fully saturated rings. The van der Waals surface area contributed by atoms with Crippen molar-refractivity contribution in [2.24, 2.45) is 0 Å². The van der Waals surface area contributed by atoms with Crippen molar-refractivity contribution in [1.29, 1.82) is 0 Å². The Labute approximate surface area is 144 Å². The summed E-state index contributed by atoms with van der Waals surface area (Å²) in [6, 6.07) is 5.74. The Morgan fingerprint density at radius 3 is 1.88 bits per heavy atom. The van der Waals surface area contributed by atoms with E-state index in [0.717, 1.165) is 24.8 Å². The van der Waals surface area contributed by atoms with E-state index in [4.69, 9.17) is 0 Å². The van der Waals surface area contributed by atoms with Gasteiger partial charge in [0.2, 0.25) is 20.0 Å². The van der Waals surface area contributed by atoms with Crippen LogP contribution in [-0.4, -0.2) is 49.3 Å². The number of benzene rings is 1. The van der Waals surface area contributed by atoms with Crippen molar-refractivity contribution in [2.75, 3.05) is 25.3 Å². The summed E-state index contributed by atoms with van der Waals surface area (Å²) in [5.41, 5.74) is 0.906. The number of anilines is 1. The molecule has 1 aliphatic rings. The number of nitrogens with zero attached hydrogens (tertiary/aromatic N) is 1. The number of nitrogens with one attached hydrogen (secondary N) is 2. The van der Waals surface area contributed by atoms with Gasteiger partial charge in [-0.3, -0.25) is 0 Å². The second kappa shape index (κ2) is 7.38. The Kier molecular flexibility index (Phi) is 5.90. The van der Waals surface area contributed by atoms with E-state index < -0.39 is 32.1 Å². The molecule has 9 heteroatoms. The minimum atomic E-state index is -3.69. The first-order valence-electron chi connectivity index (χ1n) is 7.85. The van der Waals surface area contributed by atoms with Crippen LogP contribution in [0.2, 0.25) is 0 Å². The second-order valence-corrected chi connectivity index (χ2v) is 9.89. The molecule has 1 aliphatic carbocycles. The Morgan fingerprint density at radius 2 is 1.42 bits per heavy atom. The molecule has 136 valence electrons. The molecule has 0 bridgehead atoms. The van der Waals surface area contributed by atoms with Gasteiger partial charge in [-0.05, 0) is 37.1 Å². The van der Waals surface area contributed by atoms with Gasteiger partial charge in [0.05, 0.1) is 11.2 Å². The maximum absolute atomic E-state index is 12.6. The first-order valence-corrected chi connectivity index (χ1v) is 11.2. The van der Waals surface area contributed by atoms with Crippen molar-refractivity contribution in [3.05, 3.63) is 24.3 Å². The lowest BCUT2D eigenvalue weighted by Crippen LogP contribution is -2.52. The third-order valence-corrected chi connectivity index (χ3v) is 6.34. The van der Waals surface area contributed by atoms with E-state index in [1.165, 1.54) is 0 Å². The van der Waals surface area contributed by atoms with Crippen LogP contribution >= 0.6 is 0 Å². The Hall–Kier alpha value is -1.16. The highest BCUT2D eigenvalue weighted by Gasteiger charge is 2.31. The SMILES string of the molecule is CN(C)c1ccc(S(=O)(=O)NC2CCCCC2NS(C)(=O)=O)cc1. The van der Waals surface area contributed by atoms with Crippen LogP contribution in [0.5, 0.6) is 0 Å². The highest BCUT2D eigenvalue weighted by molar-refractivity contribution is 7.89. The average Bonchev–Trinajstić information content (AvgIpc) is 2.48. The molecule has 24 heavy (non-hydrogen) atoms. The number of hydrogen-bond donors (Lipinski definition) is 2. The molecule has 1 saturated carbocycles. The standard InChI is InChI=1S/C15H25N3O4S2/c1-18(2)12-8-10-13(11-9-12)24(21,22)17-15-7-5-4-6-14(15)16-23(3,19)20/h8-11,14-17H,4-7H2,1-3H3. The maximum atomic E-state index is 12.6. The molecular formula is C15H25N3O4S2. The van der Waals surface area contributed by atoms with E-state index in [9.17, 15) is 16.8 Å². The van der Waals surface area contributed by atoms with Gasteiger partial charge in [0.25, 0.3) is 0 Å². The second-order valence-electron chi connectivity index (χ2n) is 6.40. The fraction of sp³-hybridized carbons (Fsp3) is 0.600. The molecule has 0 aromatic heterocycles. The summed E-state index contributed by atoms with van der Waals surface area (Å²) in [6.45, 7) is 0. The molecule has 2 unspecified atom stereocenters. The largest absolute Gasteiger partial charge is 0.378 e. The van der Waals surface area contributed by atoms with E-state index in [0.29, 0.717) is 12.8 Å². The first kappa shape index (κ1) is 19.2. The molecule has 0 aliphatic heterocycles.